The first-order valence-corrected chi connectivity index (χ1v) is 5.77. The molecule has 0 amide bonds. The maximum atomic E-state index is 5.68. The first-order chi connectivity index (χ1) is 7.40. The van der Waals surface area contributed by atoms with Gasteiger partial charge in [-0.1, -0.05) is 6.07 Å². The Morgan fingerprint density at radius 3 is 2.93 bits per heavy atom. The second-order valence-corrected chi connectivity index (χ2v) is 4.30. The quantitative estimate of drug-likeness (QED) is 0.814. The molecular weight excluding hydrogens is 208 g/mol. The van der Waals surface area contributed by atoms with Crippen LogP contribution in [-0.4, -0.2) is 6.54 Å². The van der Waals surface area contributed by atoms with Crippen LogP contribution < -0.4 is 11.1 Å². The molecule has 3 N–H and O–H groups in total. The molecule has 1 unspecified atom stereocenters. The van der Waals surface area contributed by atoms with Crippen LogP contribution in [0.5, 0.6) is 0 Å². The van der Waals surface area contributed by atoms with Crippen molar-refractivity contribution in [2.75, 3.05) is 6.54 Å². The van der Waals surface area contributed by atoms with Crippen LogP contribution in [0.15, 0.2) is 40.3 Å². The standard InChI is InChI=1S/C11H14N2OS/c12-7-10(11-4-1-5-14-11)13-8-9-3-2-6-15-9/h1-6,10,13H,7-8,12H2. The van der Waals surface area contributed by atoms with E-state index in [9.17, 15) is 0 Å². The molecule has 0 aromatic carbocycles. The van der Waals surface area contributed by atoms with Crippen LogP contribution >= 0.6 is 11.3 Å². The molecule has 0 saturated carbocycles. The molecule has 0 radical (unpaired) electrons. The van der Waals surface area contributed by atoms with E-state index in [0.717, 1.165) is 12.3 Å². The minimum Gasteiger partial charge on any atom is -0.468 e. The van der Waals surface area contributed by atoms with Crippen molar-refractivity contribution in [1.82, 2.24) is 5.32 Å². The van der Waals surface area contributed by atoms with Gasteiger partial charge in [-0.2, -0.15) is 0 Å². The average Bonchev–Trinajstić information content (AvgIpc) is 2.90. The summed E-state index contributed by atoms with van der Waals surface area (Å²) in [4.78, 5) is 1.31. The molecule has 0 saturated heterocycles. The lowest BCUT2D eigenvalue weighted by atomic mass is 10.2. The topological polar surface area (TPSA) is 51.2 Å². The second kappa shape index (κ2) is 5.11. The number of thiophene rings is 1. The average molecular weight is 222 g/mol. The van der Waals surface area contributed by atoms with Gasteiger partial charge in [0.05, 0.1) is 12.3 Å². The fourth-order valence-electron chi connectivity index (χ4n) is 1.43. The Kier molecular flexibility index (Phi) is 3.55. The van der Waals surface area contributed by atoms with Gasteiger partial charge < -0.3 is 15.5 Å². The van der Waals surface area contributed by atoms with Crippen LogP contribution in [0, 0.1) is 0 Å². The predicted octanol–water partition coefficient (Wildman–Crippen LogP) is 2.13. The summed E-state index contributed by atoms with van der Waals surface area (Å²) in [5.74, 6) is 0.897. The molecule has 3 nitrogen and oxygen atoms in total. The smallest absolute Gasteiger partial charge is 0.121 e. The van der Waals surface area contributed by atoms with E-state index in [4.69, 9.17) is 10.2 Å². The summed E-state index contributed by atoms with van der Waals surface area (Å²) in [5, 5.41) is 5.44. The molecule has 2 aromatic rings. The molecule has 4 heteroatoms. The van der Waals surface area contributed by atoms with Crippen molar-refractivity contribution in [2.24, 2.45) is 5.73 Å². The number of nitrogens with one attached hydrogen (secondary N) is 1. The van der Waals surface area contributed by atoms with E-state index in [2.05, 4.69) is 16.8 Å². The number of rotatable bonds is 5. The molecule has 0 fully saturated rings. The van der Waals surface area contributed by atoms with E-state index in [1.54, 1.807) is 17.6 Å². The monoisotopic (exact) mass is 222 g/mol. The lowest BCUT2D eigenvalue weighted by molar-refractivity contribution is 0.417. The van der Waals surface area contributed by atoms with Crippen molar-refractivity contribution >= 4 is 11.3 Å². The van der Waals surface area contributed by atoms with Gasteiger partial charge in [0, 0.05) is 18.0 Å². The maximum absolute atomic E-state index is 5.68. The predicted molar refractivity (Wildman–Crippen MR) is 61.7 cm³/mol. The van der Waals surface area contributed by atoms with Gasteiger partial charge >= 0.3 is 0 Å². The summed E-state index contributed by atoms with van der Waals surface area (Å²) in [5.41, 5.74) is 5.68. The fraction of sp³-hybridized carbons (Fsp3) is 0.273. The summed E-state index contributed by atoms with van der Waals surface area (Å²) >= 11 is 1.74. The highest BCUT2D eigenvalue weighted by atomic mass is 32.1. The molecule has 1 atom stereocenters. The summed E-state index contributed by atoms with van der Waals surface area (Å²) in [6.45, 7) is 1.37. The van der Waals surface area contributed by atoms with E-state index >= 15 is 0 Å². The Balaban J connectivity index is 1.92. The SMILES string of the molecule is NCC(NCc1cccs1)c1ccco1. The zero-order chi connectivity index (χ0) is 10.5. The van der Waals surface area contributed by atoms with E-state index < -0.39 is 0 Å². The largest absolute Gasteiger partial charge is 0.468 e. The molecule has 0 aliphatic rings. The van der Waals surface area contributed by atoms with Gasteiger partial charge in [-0.15, -0.1) is 11.3 Å². The van der Waals surface area contributed by atoms with Crippen molar-refractivity contribution in [3.05, 3.63) is 46.5 Å². The van der Waals surface area contributed by atoms with E-state index in [1.165, 1.54) is 4.88 Å². The van der Waals surface area contributed by atoms with Crippen LogP contribution in [0.25, 0.3) is 0 Å². The van der Waals surface area contributed by atoms with Gasteiger partial charge in [-0.3, -0.25) is 0 Å². The normalized spacial score (nSPS) is 12.9. The van der Waals surface area contributed by atoms with Crippen LogP contribution in [0.2, 0.25) is 0 Å². The number of furan rings is 1. The highest BCUT2D eigenvalue weighted by molar-refractivity contribution is 7.09. The van der Waals surface area contributed by atoms with Gasteiger partial charge in [-0.25, -0.2) is 0 Å². The zero-order valence-electron chi connectivity index (χ0n) is 8.35. The van der Waals surface area contributed by atoms with Crippen LogP contribution in [0.3, 0.4) is 0 Å². The van der Waals surface area contributed by atoms with Gasteiger partial charge in [-0.05, 0) is 23.6 Å². The molecule has 0 spiro atoms. The number of hydrogen-bond acceptors (Lipinski definition) is 4. The number of nitrogens with two attached hydrogens (primary N) is 1. The molecule has 0 aliphatic heterocycles. The minimum absolute atomic E-state index is 0.0992. The summed E-state index contributed by atoms with van der Waals surface area (Å²) in [7, 11) is 0. The van der Waals surface area contributed by atoms with Crippen molar-refractivity contribution in [2.45, 2.75) is 12.6 Å². The van der Waals surface area contributed by atoms with Crippen molar-refractivity contribution < 1.29 is 4.42 Å². The molecule has 0 aliphatic carbocycles. The fourth-order valence-corrected chi connectivity index (χ4v) is 2.08. The summed E-state index contributed by atoms with van der Waals surface area (Å²) in [6, 6.07) is 8.07. The molecule has 0 bridgehead atoms. The molecule has 2 rings (SSSR count). The van der Waals surface area contributed by atoms with Crippen molar-refractivity contribution in [1.29, 1.82) is 0 Å². The first kappa shape index (κ1) is 10.4. The summed E-state index contributed by atoms with van der Waals surface area (Å²) < 4.78 is 5.32. The van der Waals surface area contributed by atoms with Gasteiger partial charge in [0.2, 0.25) is 0 Å². The lowest BCUT2D eigenvalue weighted by Gasteiger charge is -2.13. The van der Waals surface area contributed by atoms with Crippen molar-refractivity contribution in [3.8, 4) is 0 Å². The molecule has 2 heterocycles. The highest BCUT2D eigenvalue weighted by Crippen LogP contribution is 2.14. The number of hydrogen-bond donors (Lipinski definition) is 2. The third kappa shape index (κ3) is 2.68. The van der Waals surface area contributed by atoms with Crippen LogP contribution in [0.1, 0.15) is 16.7 Å². The minimum atomic E-state index is 0.0992. The Bertz CT molecular complexity index is 369. The first-order valence-electron chi connectivity index (χ1n) is 4.89. The van der Waals surface area contributed by atoms with Crippen molar-refractivity contribution in [3.63, 3.8) is 0 Å². The van der Waals surface area contributed by atoms with E-state index in [-0.39, 0.29) is 6.04 Å². The van der Waals surface area contributed by atoms with Gasteiger partial charge in [0.1, 0.15) is 5.76 Å². The summed E-state index contributed by atoms with van der Waals surface area (Å²) in [6.07, 6.45) is 1.67. The zero-order valence-corrected chi connectivity index (χ0v) is 9.17. The van der Waals surface area contributed by atoms with Crippen LogP contribution in [0.4, 0.5) is 0 Å². The van der Waals surface area contributed by atoms with Gasteiger partial charge in [0.25, 0.3) is 0 Å². The van der Waals surface area contributed by atoms with Crippen LogP contribution in [-0.2, 0) is 6.54 Å². The molecule has 15 heavy (non-hydrogen) atoms. The Hall–Kier alpha value is -1.10. The third-order valence-corrected chi connectivity index (χ3v) is 3.10. The lowest BCUT2D eigenvalue weighted by Crippen LogP contribution is -2.27. The second-order valence-electron chi connectivity index (χ2n) is 3.26. The van der Waals surface area contributed by atoms with E-state index in [1.807, 2.05) is 18.2 Å². The third-order valence-electron chi connectivity index (χ3n) is 2.23. The molecule has 80 valence electrons. The Morgan fingerprint density at radius 2 is 2.33 bits per heavy atom. The van der Waals surface area contributed by atoms with E-state index in [0.29, 0.717) is 6.54 Å². The molecule has 2 aromatic heterocycles. The Morgan fingerprint density at radius 1 is 1.40 bits per heavy atom. The maximum Gasteiger partial charge on any atom is 0.121 e. The highest BCUT2D eigenvalue weighted by Gasteiger charge is 2.11. The van der Waals surface area contributed by atoms with Gasteiger partial charge in [0.15, 0.2) is 0 Å². The Labute approximate surface area is 92.9 Å². The molecular formula is C11H14N2OS.